The molecule has 132 valence electrons. The molecule has 1 saturated heterocycles. The fourth-order valence-corrected chi connectivity index (χ4v) is 2.75. The van der Waals surface area contributed by atoms with E-state index in [9.17, 15) is 4.79 Å². The first-order chi connectivity index (χ1) is 11.5. The van der Waals surface area contributed by atoms with Crippen LogP contribution >= 0.6 is 12.2 Å². The van der Waals surface area contributed by atoms with Crippen molar-refractivity contribution in [3.8, 4) is 17.2 Å². The first-order valence-corrected chi connectivity index (χ1v) is 7.99. The molecule has 2 rings (SSSR count). The molecule has 1 aromatic carbocycles. The molecule has 1 aliphatic rings. The first-order valence-electron chi connectivity index (χ1n) is 7.59. The van der Waals surface area contributed by atoms with E-state index in [2.05, 4.69) is 17.3 Å². The molecule has 0 spiro atoms. The number of rotatable bonds is 4. The minimum atomic E-state index is -0.307. The normalized spacial score (nSPS) is 14.9. The smallest absolute Gasteiger partial charge is 0.257 e. The molecular weight excluding hydrogens is 330 g/mol. The van der Waals surface area contributed by atoms with E-state index in [4.69, 9.17) is 26.4 Å². The quantitative estimate of drug-likeness (QED) is 0.810. The van der Waals surface area contributed by atoms with E-state index < -0.39 is 0 Å². The molecule has 1 N–H and O–H groups in total. The highest BCUT2D eigenvalue weighted by molar-refractivity contribution is 7.80. The molecule has 1 amide bonds. The Morgan fingerprint density at radius 1 is 1.04 bits per heavy atom. The van der Waals surface area contributed by atoms with Gasteiger partial charge in [0.15, 0.2) is 16.6 Å². The maximum Gasteiger partial charge on any atom is 0.257 e. The third-order valence-corrected chi connectivity index (χ3v) is 4.30. The predicted molar refractivity (Wildman–Crippen MR) is 95.2 cm³/mol. The van der Waals surface area contributed by atoms with Crippen LogP contribution in [0.3, 0.4) is 0 Å². The van der Waals surface area contributed by atoms with E-state index in [0.29, 0.717) is 27.9 Å². The van der Waals surface area contributed by atoms with Crippen LogP contribution in [0.1, 0.15) is 10.4 Å². The van der Waals surface area contributed by atoms with Crippen molar-refractivity contribution < 1.29 is 19.0 Å². The molecular formula is C16H23N3O4S. The highest BCUT2D eigenvalue weighted by atomic mass is 32.1. The SMILES string of the molecule is COc1cc(C(=O)NC(=S)N2CCN(C)CC2)cc(OC)c1OC. The zero-order valence-electron chi connectivity index (χ0n) is 14.4. The van der Waals surface area contributed by atoms with Crippen molar-refractivity contribution in [3.63, 3.8) is 0 Å². The molecule has 0 bridgehead atoms. The molecule has 1 aromatic rings. The van der Waals surface area contributed by atoms with Gasteiger partial charge in [0.1, 0.15) is 0 Å². The van der Waals surface area contributed by atoms with Crippen LogP contribution < -0.4 is 19.5 Å². The standard InChI is InChI=1S/C16H23N3O4S/c1-18-5-7-19(8-6-18)16(24)17-15(20)11-9-12(21-2)14(23-4)13(10-11)22-3/h9-10H,5-8H2,1-4H3,(H,17,20,24). The van der Waals surface area contributed by atoms with Crippen molar-refractivity contribution in [2.75, 3.05) is 54.6 Å². The maximum absolute atomic E-state index is 12.5. The molecule has 0 aliphatic carbocycles. The molecule has 0 unspecified atom stereocenters. The second kappa shape index (κ2) is 8.16. The molecule has 1 aliphatic heterocycles. The number of thiocarbonyl (C=S) groups is 1. The number of piperazine rings is 1. The lowest BCUT2D eigenvalue weighted by Gasteiger charge is -2.33. The molecule has 1 heterocycles. The topological polar surface area (TPSA) is 63.3 Å². The van der Waals surface area contributed by atoms with Crippen LogP contribution in [-0.4, -0.2) is 75.4 Å². The summed E-state index contributed by atoms with van der Waals surface area (Å²) in [5.74, 6) is 0.983. The van der Waals surface area contributed by atoms with Crippen molar-refractivity contribution in [1.82, 2.24) is 15.1 Å². The highest BCUT2D eigenvalue weighted by Gasteiger charge is 2.21. The number of benzene rings is 1. The van der Waals surface area contributed by atoms with Crippen LogP contribution in [0.25, 0.3) is 0 Å². The van der Waals surface area contributed by atoms with Crippen molar-refractivity contribution in [2.24, 2.45) is 0 Å². The van der Waals surface area contributed by atoms with Gasteiger partial charge in [0.05, 0.1) is 21.3 Å². The van der Waals surface area contributed by atoms with E-state index in [0.717, 1.165) is 26.2 Å². The molecule has 7 nitrogen and oxygen atoms in total. The Kier molecular flexibility index (Phi) is 6.22. The minimum absolute atomic E-state index is 0.307. The number of hydrogen-bond donors (Lipinski definition) is 1. The minimum Gasteiger partial charge on any atom is -0.493 e. The predicted octanol–water partition coefficient (Wildman–Crippen LogP) is 0.974. The van der Waals surface area contributed by atoms with Gasteiger partial charge in [-0.25, -0.2) is 0 Å². The molecule has 0 aromatic heterocycles. The van der Waals surface area contributed by atoms with Crippen LogP contribution in [0.5, 0.6) is 17.2 Å². The van der Waals surface area contributed by atoms with E-state index >= 15 is 0 Å². The lowest BCUT2D eigenvalue weighted by Crippen LogP contribution is -2.51. The summed E-state index contributed by atoms with van der Waals surface area (Å²) in [6.45, 7) is 3.43. The van der Waals surface area contributed by atoms with Crippen LogP contribution in [0.4, 0.5) is 0 Å². The average Bonchev–Trinajstić information content (AvgIpc) is 2.60. The second-order valence-electron chi connectivity index (χ2n) is 5.46. The van der Waals surface area contributed by atoms with Gasteiger partial charge in [-0.15, -0.1) is 0 Å². The first kappa shape index (κ1) is 18.3. The number of nitrogens with one attached hydrogen (secondary N) is 1. The third kappa shape index (κ3) is 4.07. The second-order valence-corrected chi connectivity index (χ2v) is 5.85. The zero-order chi connectivity index (χ0) is 17.7. The Bertz CT molecular complexity index is 590. The fraction of sp³-hybridized carbons (Fsp3) is 0.500. The lowest BCUT2D eigenvalue weighted by molar-refractivity contribution is 0.0970. The van der Waals surface area contributed by atoms with Crippen molar-refractivity contribution in [3.05, 3.63) is 17.7 Å². The van der Waals surface area contributed by atoms with Crippen molar-refractivity contribution in [2.45, 2.75) is 0 Å². The van der Waals surface area contributed by atoms with Gasteiger partial charge >= 0.3 is 0 Å². The van der Waals surface area contributed by atoms with Crippen molar-refractivity contribution >= 4 is 23.2 Å². The Hall–Kier alpha value is -2.06. The van der Waals surface area contributed by atoms with E-state index in [-0.39, 0.29) is 5.91 Å². The third-order valence-electron chi connectivity index (χ3n) is 3.94. The number of ether oxygens (including phenoxy) is 3. The lowest BCUT2D eigenvalue weighted by atomic mass is 10.1. The van der Waals surface area contributed by atoms with Gasteiger partial charge in [0, 0.05) is 31.7 Å². The molecule has 8 heteroatoms. The number of amides is 1. The Morgan fingerprint density at radius 3 is 2.04 bits per heavy atom. The number of carbonyl (C=O) groups is 1. The Balaban J connectivity index is 2.13. The summed E-state index contributed by atoms with van der Waals surface area (Å²) in [6.07, 6.45) is 0. The summed E-state index contributed by atoms with van der Waals surface area (Å²) in [6, 6.07) is 3.20. The number of hydrogen-bond acceptors (Lipinski definition) is 6. The number of likely N-dealkylation sites (N-methyl/N-ethyl adjacent to an activating group) is 1. The van der Waals surface area contributed by atoms with E-state index in [1.807, 2.05) is 4.90 Å². The van der Waals surface area contributed by atoms with Gasteiger partial charge in [-0.05, 0) is 31.4 Å². The summed E-state index contributed by atoms with van der Waals surface area (Å²) < 4.78 is 15.8. The summed E-state index contributed by atoms with van der Waals surface area (Å²) in [5, 5.41) is 3.20. The summed E-state index contributed by atoms with van der Waals surface area (Å²) in [5.41, 5.74) is 0.390. The highest BCUT2D eigenvalue weighted by Crippen LogP contribution is 2.38. The number of carbonyl (C=O) groups excluding carboxylic acids is 1. The van der Waals surface area contributed by atoms with E-state index in [1.54, 1.807) is 12.1 Å². The van der Waals surface area contributed by atoms with Crippen LogP contribution in [0.15, 0.2) is 12.1 Å². The molecule has 0 saturated carbocycles. The number of nitrogens with zero attached hydrogens (tertiary/aromatic N) is 2. The van der Waals surface area contributed by atoms with Crippen molar-refractivity contribution in [1.29, 1.82) is 0 Å². The number of methoxy groups -OCH3 is 3. The molecule has 0 radical (unpaired) electrons. The van der Waals surface area contributed by atoms with Gasteiger partial charge in [0.25, 0.3) is 5.91 Å². The molecule has 1 fully saturated rings. The Morgan fingerprint density at radius 2 is 1.58 bits per heavy atom. The van der Waals surface area contributed by atoms with Gasteiger partial charge in [0.2, 0.25) is 5.75 Å². The van der Waals surface area contributed by atoms with Crippen LogP contribution in [0.2, 0.25) is 0 Å². The summed E-state index contributed by atoms with van der Waals surface area (Å²) in [4.78, 5) is 16.7. The summed E-state index contributed by atoms with van der Waals surface area (Å²) >= 11 is 5.35. The zero-order valence-corrected chi connectivity index (χ0v) is 15.2. The van der Waals surface area contributed by atoms with Crippen LogP contribution in [-0.2, 0) is 0 Å². The largest absolute Gasteiger partial charge is 0.493 e. The van der Waals surface area contributed by atoms with Gasteiger partial charge in [-0.3, -0.25) is 10.1 Å². The monoisotopic (exact) mass is 353 g/mol. The Labute approximate surface area is 147 Å². The fourth-order valence-electron chi connectivity index (χ4n) is 2.47. The van der Waals surface area contributed by atoms with Gasteiger partial charge in [-0.1, -0.05) is 0 Å². The molecule has 0 atom stereocenters. The summed E-state index contributed by atoms with van der Waals surface area (Å²) in [7, 11) is 6.60. The van der Waals surface area contributed by atoms with Crippen LogP contribution in [0, 0.1) is 0 Å². The molecule has 24 heavy (non-hydrogen) atoms. The van der Waals surface area contributed by atoms with Gasteiger partial charge < -0.3 is 24.0 Å². The maximum atomic E-state index is 12.5. The average molecular weight is 353 g/mol. The van der Waals surface area contributed by atoms with E-state index in [1.165, 1.54) is 21.3 Å². The van der Waals surface area contributed by atoms with Gasteiger partial charge in [-0.2, -0.15) is 0 Å².